The second-order valence-corrected chi connectivity index (χ2v) is 8.78. The normalized spacial score (nSPS) is 11.2. The highest BCUT2D eigenvalue weighted by molar-refractivity contribution is 6.30. The molecule has 32 heavy (non-hydrogen) atoms. The highest BCUT2D eigenvalue weighted by Crippen LogP contribution is 2.34. The molecule has 1 N–H and O–H groups in total. The van der Waals surface area contributed by atoms with Crippen LogP contribution in [-0.4, -0.2) is 9.38 Å². The summed E-state index contributed by atoms with van der Waals surface area (Å²) in [6, 6.07) is 18.2. The summed E-state index contributed by atoms with van der Waals surface area (Å²) in [6.07, 6.45) is 8.32. The Bertz CT molecular complexity index is 1270. The van der Waals surface area contributed by atoms with Crippen molar-refractivity contribution in [1.82, 2.24) is 9.38 Å². The van der Waals surface area contributed by atoms with E-state index in [-0.39, 0.29) is 0 Å². The van der Waals surface area contributed by atoms with Crippen LogP contribution < -0.4 is 5.32 Å². The second kappa shape index (κ2) is 10.1. The van der Waals surface area contributed by atoms with Crippen LogP contribution in [0.1, 0.15) is 62.1 Å². The molecule has 0 atom stereocenters. The van der Waals surface area contributed by atoms with Crippen LogP contribution in [0.4, 0.5) is 11.5 Å². The Morgan fingerprint density at radius 1 is 1.00 bits per heavy atom. The number of benzene rings is 2. The first-order chi connectivity index (χ1) is 15.6. The zero-order valence-corrected chi connectivity index (χ0v) is 19.5. The minimum Gasteiger partial charge on any atom is -0.341 e. The third-order valence-electron chi connectivity index (χ3n) is 6.12. The summed E-state index contributed by atoms with van der Waals surface area (Å²) in [7, 11) is 0. The Hall–Kier alpha value is -3.03. The Morgan fingerprint density at radius 2 is 1.72 bits per heavy atom. The van der Waals surface area contributed by atoms with Gasteiger partial charge in [-0.25, -0.2) is 4.98 Å². The number of aromatic nitrogens is 2. The van der Waals surface area contributed by atoms with E-state index in [1.165, 1.54) is 37.7 Å². The largest absolute Gasteiger partial charge is 0.341 e. The van der Waals surface area contributed by atoms with Crippen LogP contribution in [0.15, 0.2) is 48.5 Å². The first-order valence-corrected chi connectivity index (χ1v) is 11.9. The van der Waals surface area contributed by atoms with E-state index < -0.39 is 0 Å². The average molecular weight is 445 g/mol. The van der Waals surface area contributed by atoms with Crippen LogP contribution in [0.3, 0.4) is 0 Å². The summed E-state index contributed by atoms with van der Waals surface area (Å²) in [4.78, 5) is 4.81. The van der Waals surface area contributed by atoms with Crippen molar-refractivity contribution in [2.75, 3.05) is 5.32 Å². The van der Waals surface area contributed by atoms with Crippen LogP contribution in [0.5, 0.6) is 0 Å². The van der Waals surface area contributed by atoms with Gasteiger partial charge in [0.05, 0.1) is 16.6 Å². The quantitative estimate of drug-likeness (QED) is 0.266. The van der Waals surface area contributed by atoms with Crippen molar-refractivity contribution >= 4 is 39.8 Å². The van der Waals surface area contributed by atoms with E-state index in [9.17, 15) is 5.26 Å². The molecule has 0 saturated heterocycles. The molecule has 0 aliphatic carbocycles. The lowest BCUT2D eigenvalue weighted by Gasteiger charge is -2.19. The summed E-state index contributed by atoms with van der Waals surface area (Å²) in [5.41, 5.74) is 6.40. The molecule has 0 aliphatic heterocycles. The van der Waals surface area contributed by atoms with Crippen molar-refractivity contribution in [3.63, 3.8) is 0 Å². The highest BCUT2D eigenvalue weighted by Gasteiger charge is 2.20. The SMILES string of the molecule is CCCCCCCCc1c(C)c(C#N)c2nc3ccccc3n2c1Nc1ccc(Cl)cc1. The standard InChI is InChI=1S/C27H29ClN4/c1-3-4-5-6-7-8-11-22-19(2)23(18-29)27-31-24-12-9-10-13-25(24)32(27)26(22)30-21-16-14-20(28)15-17-21/h9-10,12-17,30H,3-8,11H2,1-2H3. The molecular weight excluding hydrogens is 416 g/mol. The van der Waals surface area contributed by atoms with Gasteiger partial charge in [0.1, 0.15) is 11.9 Å². The van der Waals surface area contributed by atoms with E-state index in [1.54, 1.807) is 0 Å². The van der Waals surface area contributed by atoms with E-state index in [2.05, 4.69) is 35.7 Å². The third-order valence-corrected chi connectivity index (χ3v) is 6.37. The molecule has 164 valence electrons. The number of halogens is 1. The van der Waals surface area contributed by atoms with E-state index >= 15 is 0 Å². The van der Waals surface area contributed by atoms with Gasteiger partial charge in [-0.1, -0.05) is 62.8 Å². The van der Waals surface area contributed by atoms with E-state index in [4.69, 9.17) is 16.6 Å². The second-order valence-electron chi connectivity index (χ2n) is 8.35. The van der Waals surface area contributed by atoms with Crippen LogP contribution >= 0.6 is 11.6 Å². The average Bonchev–Trinajstić information content (AvgIpc) is 3.18. The van der Waals surface area contributed by atoms with E-state index in [0.29, 0.717) is 16.2 Å². The summed E-state index contributed by atoms with van der Waals surface area (Å²) in [5.74, 6) is 0.987. The van der Waals surface area contributed by atoms with Gasteiger partial charge in [-0.05, 0) is 67.3 Å². The molecule has 0 bridgehead atoms. The van der Waals surface area contributed by atoms with Crippen LogP contribution in [-0.2, 0) is 6.42 Å². The monoisotopic (exact) mass is 444 g/mol. The summed E-state index contributed by atoms with van der Waals surface area (Å²) >= 11 is 6.11. The lowest BCUT2D eigenvalue weighted by molar-refractivity contribution is 0.607. The van der Waals surface area contributed by atoms with Gasteiger partial charge in [0.25, 0.3) is 0 Å². The Labute approximate surface area is 194 Å². The zero-order valence-electron chi connectivity index (χ0n) is 18.8. The maximum absolute atomic E-state index is 10.0. The molecule has 0 amide bonds. The number of unbranched alkanes of at least 4 members (excludes halogenated alkanes) is 5. The minimum atomic E-state index is 0.656. The molecule has 0 saturated carbocycles. The predicted octanol–water partition coefficient (Wildman–Crippen LogP) is 7.97. The van der Waals surface area contributed by atoms with Gasteiger partial charge in [-0.2, -0.15) is 5.26 Å². The Morgan fingerprint density at radius 3 is 2.47 bits per heavy atom. The fourth-order valence-corrected chi connectivity index (χ4v) is 4.50. The van der Waals surface area contributed by atoms with Crippen molar-refractivity contribution in [1.29, 1.82) is 5.26 Å². The number of para-hydroxylation sites is 2. The molecule has 0 aliphatic rings. The number of hydrogen-bond acceptors (Lipinski definition) is 3. The van der Waals surface area contributed by atoms with Crippen LogP contribution in [0.2, 0.25) is 5.02 Å². The molecule has 2 heterocycles. The first-order valence-electron chi connectivity index (χ1n) is 11.5. The smallest absolute Gasteiger partial charge is 0.157 e. The highest BCUT2D eigenvalue weighted by atomic mass is 35.5. The number of hydrogen-bond donors (Lipinski definition) is 1. The maximum Gasteiger partial charge on any atom is 0.157 e. The number of rotatable bonds is 9. The van der Waals surface area contributed by atoms with Crippen molar-refractivity contribution in [2.45, 2.75) is 58.8 Å². The molecular formula is C27H29ClN4. The number of imidazole rings is 1. The zero-order chi connectivity index (χ0) is 22.5. The molecule has 0 spiro atoms. The molecule has 0 radical (unpaired) electrons. The molecule has 4 rings (SSSR count). The number of fused-ring (bicyclic) bond motifs is 3. The van der Waals surface area contributed by atoms with Gasteiger partial charge in [-0.3, -0.25) is 4.40 Å². The van der Waals surface area contributed by atoms with Gasteiger partial charge < -0.3 is 5.32 Å². The van der Waals surface area contributed by atoms with Crippen molar-refractivity contribution in [3.05, 3.63) is 70.2 Å². The molecule has 2 aromatic heterocycles. The van der Waals surface area contributed by atoms with E-state index in [1.807, 2.05) is 42.5 Å². The fraction of sp³-hybridized carbons (Fsp3) is 0.333. The molecule has 4 aromatic rings. The van der Waals surface area contributed by atoms with Crippen LogP contribution in [0.25, 0.3) is 16.7 Å². The molecule has 0 fully saturated rings. The van der Waals surface area contributed by atoms with Gasteiger partial charge in [-0.15, -0.1) is 0 Å². The van der Waals surface area contributed by atoms with Crippen molar-refractivity contribution < 1.29 is 0 Å². The number of anilines is 2. The molecule has 2 aromatic carbocycles. The molecule has 4 nitrogen and oxygen atoms in total. The topological polar surface area (TPSA) is 53.1 Å². The number of nitriles is 1. The van der Waals surface area contributed by atoms with Gasteiger partial charge in [0, 0.05) is 10.7 Å². The lowest BCUT2D eigenvalue weighted by Crippen LogP contribution is -2.08. The summed E-state index contributed by atoms with van der Waals surface area (Å²) in [5, 5.41) is 14.3. The Kier molecular flexibility index (Phi) is 6.97. The number of pyridine rings is 1. The molecule has 5 heteroatoms. The molecule has 0 unspecified atom stereocenters. The lowest BCUT2D eigenvalue weighted by atomic mass is 9.98. The maximum atomic E-state index is 10.0. The first kappa shape index (κ1) is 22.2. The van der Waals surface area contributed by atoms with Gasteiger partial charge in [0.15, 0.2) is 5.65 Å². The van der Waals surface area contributed by atoms with Crippen molar-refractivity contribution in [2.24, 2.45) is 0 Å². The van der Waals surface area contributed by atoms with Crippen LogP contribution in [0, 0.1) is 18.3 Å². The third kappa shape index (κ3) is 4.45. The summed E-state index contributed by atoms with van der Waals surface area (Å²) in [6.45, 7) is 4.30. The van der Waals surface area contributed by atoms with Gasteiger partial charge in [0.2, 0.25) is 0 Å². The minimum absolute atomic E-state index is 0.656. The number of nitrogens with zero attached hydrogens (tertiary/aromatic N) is 3. The van der Waals surface area contributed by atoms with E-state index in [0.717, 1.165) is 40.9 Å². The van der Waals surface area contributed by atoms with Gasteiger partial charge >= 0.3 is 0 Å². The fourth-order valence-electron chi connectivity index (χ4n) is 4.37. The van der Waals surface area contributed by atoms with Crippen molar-refractivity contribution in [3.8, 4) is 6.07 Å². The predicted molar refractivity (Wildman–Crippen MR) is 134 cm³/mol. The Balaban J connectivity index is 1.83. The number of nitrogens with one attached hydrogen (secondary N) is 1. The summed E-state index contributed by atoms with van der Waals surface area (Å²) < 4.78 is 2.11.